The first-order valence-corrected chi connectivity index (χ1v) is 8.54. The molecule has 0 saturated carbocycles. The molecule has 1 rings (SSSR count). The van der Waals surface area contributed by atoms with Gasteiger partial charge in [0.25, 0.3) is 0 Å². The lowest BCUT2D eigenvalue weighted by Gasteiger charge is -2.16. The second-order valence-electron chi connectivity index (χ2n) is 5.50. The molecule has 1 aromatic carbocycles. The number of aryl methyl sites for hydroxylation is 1. The summed E-state index contributed by atoms with van der Waals surface area (Å²) in [5.41, 5.74) is 8.23. The van der Waals surface area contributed by atoms with Crippen molar-refractivity contribution in [3.05, 3.63) is 35.4 Å². The van der Waals surface area contributed by atoms with Crippen LogP contribution in [0.25, 0.3) is 0 Å². The van der Waals surface area contributed by atoms with Crippen LogP contribution in [0.1, 0.15) is 31.4 Å². The van der Waals surface area contributed by atoms with Gasteiger partial charge >= 0.3 is 0 Å². The van der Waals surface area contributed by atoms with Gasteiger partial charge in [-0.25, -0.2) is 8.42 Å². The molecule has 0 saturated heterocycles. The molecule has 0 amide bonds. The standard InChI is InChI=1S/C15H25NO2S/c1-12(2)19(17,18)8-7-15(11-16)10-14-6-4-5-13(3)9-14/h4-6,9,12,15H,7-8,10-11,16H2,1-3H3. The number of rotatable bonds is 7. The zero-order valence-electron chi connectivity index (χ0n) is 12.1. The molecular weight excluding hydrogens is 258 g/mol. The van der Waals surface area contributed by atoms with E-state index in [-0.39, 0.29) is 16.9 Å². The Labute approximate surface area is 117 Å². The van der Waals surface area contributed by atoms with E-state index in [9.17, 15) is 8.42 Å². The summed E-state index contributed by atoms with van der Waals surface area (Å²) in [5.74, 6) is 0.466. The van der Waals surface area contributed by atoms with E-state index in [4.69, 9.17) is 5.73 Å². The van der Waals surface area contributed by atoms with E-state index in [1.807, 2.05) is 6.07 Å². The van der Waals surface area contributed by atoms with Crippen molar-refractivity contribution in [2.75, 3.05) is 12.3 Å². The number of nitrogens with two attached hydrogens (primary N) is 1. The van der Waals surface area contributed by atoms with Gasteiger partial charge in [0, 0.05) is 0 Å². The first-order chi connectivity index (χ1) is 8.85. The average Bonchev–Trinajstić information content (AvgIpc) is 2.34. The molecule has 0 heterocycles. The van der Waals surface area contributed by atoms with Crippen molar-refractivity contribution in [2.45, 2.75) is 38.9 Å². The van der Waals surface area contributed by atoms with Gasteiger partial charge in [-0.15, -0.1) is 0 Å². The van der Waals surface area contributed by atoms with Crippen molar-refractivity contribution in [3.8, 4) is 0 Å². The van der Waals surface area contributed by atoms with Crippen LogP contribution < -0.4 is 5.73 Å². The average molecular weight is 283 g/mol. The van der Waals surface area contributed by atoms with E-state index >= 15 is 0 Å². The molecule has 19 heavy (non-hydrogen) atoms. The number of hydrogen-bond acceptors (Lipinski definition) is 3. The van der Waals surface area contributed by atoms with Gasteiger partial charge in [-0.3, -0.25) is 0 Å². The lowest BCUT2D eigenvalue weighted by molar-refractivity contribution is 0.509. The van der Waals surface area contributed by atoms with Crippen molar-refractivity contribution in [3.63, 3.8) is 0 Å². The maximum absolute atomic E-state index is 11.8. The topological polar surface area (TPSA) is 60.2 Å². The van der Waals surface area contributed by atoms with Gasteiger partial charge in [-0.2, -0.15) is 0 Å². The number of hydrogen-bond donors (Lipinski definition) is 1. The summed E-state index contributed by atoms with van der Waals surface area (Å²) in [5, 5.41) is -0.301. The molecule has 108 valence electrons. The molecule has 0 fully saturated rings. The molecule has 0 aliphatic rings. The minimum absolute atomic E-state index is 0.232. The van der Waals surface area contributed by atoms with Crippen LogP contribution in [0.4, 0.5) is 0 Å². The van der Waals surface area contributed by atoms with Crippen molar-refractivity contribution < 1.29 is 8.42 Å². The molecule has 0 aliphatic carbocycles. The second kappa shape index (κ2) is 7.06. The predicted molar refractivity (Wildman–Crippen MR) is 81.0 cm³/mol. The third-order valence-corrected chi connectivity index (χ3v) is 5.71. The van der Waals surface area contributed by atoms with Crippen LogP contribution in [0.2, 0.25) is 0 Å². The highest BCUT2D eigenvalue weighted by Gasteiger charge is 2.18. The Morgan fingerprint density at radius 3 is 2.47 bits per heavy atom. The lowest BCUT2D eigenvalue weighted by Crippen LogP contribution is -2.24. The second-order valence-corrected chi connectivity index (χ2v) is 8.18. The minimum Gasteiger partial charge on any atom is -0.330 e. The summed E-state index contributed by atoms with van der Waals surface area (Å²) in [6, 6.07) is 8.31. The zero-order chi connectivity index (χ0) is 14.5. The first kappa shape index (κ1) is 16.2. The Kier molecular flexibility index (Phi) is 6.01. The molecule has 0 aliphatic heterocycles. The highest BCUT2D eigenvalue weighted by Crippen LogP contribution is 2.15. The Balaban J connectivity index is 2.60. The van der Waals surface area contributed by atoms with Gasteiger partial charge in [-0.05, 0) is 51.6 Å². The van der Waals surface area contributed by atoms with Crippen molar-refractivity contribution in [2.24, 2.45) is 11.7 Å². The Hall–Kier alpha value is -0.870. The van der Waals surface area contributed by atoms with Gasteiger partial charge in [-0.1, -0.05) is 29.8 Å². The van der Waals surface area contributed by atoms with Gasteiger partial charge < -0.3 is 5.73 Å². The van der Waals surface area contributed by atoms with Gasteiger partial charge in [0.15, 0.2) is 9.84 Å². The van der Waals surface area contributed by atoms with Crippen molar-refractivity contribution in [1.82, 2.24) is 0 Å². The molecule has 1 aromatic rings. The quantitative estimate of drug-likeness (QED) is 0.835. The molecule has 1 unspecified atom stereocenters. The summed E-state index contributed by atoms with van der Waals surface area (Å²) < 4.78 is 23.6. The molecule has 0 radical (unpaired) electrons. The van der Waals surface area contributed by atoms with Crippen LogP contribution in [-0.2, 0) is 16.3 Å². The number of sulfone groups is 1. The molecule has 0 aromatic heterocycles. The smallest absolute Gasteiger partial charge is 0.152 e. The lowest BCUT2D eigenvalue weighted by atomic mass is 9.96. The summed E-state index contributed by atoms with van der Waals surface area (Å²) in [6.07, 6.45) is 1.50. The molecule has 0 spiro atoms. The van der Waals surface area contributed by atoms with Crippen LogP contribution in [0.15, 0.2) is 24.3 Å². The summed E-state index contributed by atoms with van der Waals surface area (Å²) in [4.78, 5) is 0. The van der Waals surface area contributed by atoms with Gasteiger partial charge in [0.05, 0.1) is 11.0 Å². The maximum atomic E-state index is 11.8. The predicted octanol–water partition coefficient (Wildman–Crippen LogP) is 2.33. The summed E-state index contributed by atoms with van der Waals surface area (Å²) in [7, 11) is -2.96. The van der Waals surface area contributed by atoms with E-state index in [0.29, 0.717) is 13.0 Å². The Morgan fingerprint density at radius 1 is 1.26 bits per heavy atom. The summed E-state index contributed by atoms with van der Waals surface area (Å²) in [6.45, 7) is 6.05. The highest BCUT2D eigenvalue weighted by atomic mass is 32.2. The normalized spacial score (nSPS) is 13.7. The molecule has 0 bridgehead atoms. The SMILES string of the molecule is Cc1cccc(CC(CN)CCS(=O)(=O)C(C)C)c1. The van der Waals surface area contributed by atoms with Gasteiger partial charge in [0.1, 0.15) is 0 Å². The molecular formula is C15H25NO2S. The molecule has 1 atom stereocenters. The molecule has 4 heteroatoms. The zero-order valence-corrected chi connectivity index (χ0v) is 12.9. The Morgan fingerprint density at radius 2 is 1.95 bits per heavy atom. The van der Waals surface area contributed by atoms with Crippen molar-refractivity contribution >= 4 is 9.84 Å². The highest BCUT2D eigenvalue weighted by molar-refractivity contribution is 7.91. The molecule has 2 N–H and O–H groups in total. The van der Waals surface area contributed by atoms with Crippen LogP contribution in [0.5, 0.6) is 0 Å². The van der Waals surface area contributed by atoms with Gasteiger partial charge in [0.2, 0.25) is 0 Å². The number of benzene rings is 1. The Bertz CT molecular complexity index is 495. The third-order valence-electron chi connectivity index (χ3n) is 3.47. The maximum Gasteiger partial charge on any atom is 0.152 e. The minimum atomic E-state index is -2.96. The fraction of sp³-hybridized carbons (Fsp3) is 0.600. The first-order valence-electron chi connectivity index (χ1n) is 6.82. The fourth-order valence-corrected chi connectivity index (χ4v) is 3.18. The van der Waals surface area contributed by atoms with E-state index in [2.05, 4.69) is 25.1 Å². The monoisotopic (exact) mass is 283 g/mol. The van der Waals surface area contributed by atoms with Crippen LogP contribution in [0.3, 0.4) is 0 Å². The van der Waals surface area contributed by atoms with E-state index < -0.39 is 9.84 Å². The van der Waals surface area contributed by atoms with E-state index in [1.54, 1.807) is 13.8 Å². The van der Waals surface area contributed by atoms with Crippen LogP contribution >= 0.6 is 0 Å². The fourth-order valence-electron chi connectivity index (χ4n) is 2.04. The van der Waals surface area contributed by atoms with E-state index in [0.717, 1.165) is 6.42 Å². The van der Waals surface area contributed by atoms with E-state index in [1.165, 1.54) is 11.1 Å². The summed E-state index contributed by atoms with van der Waals surface area (Å²) >= 11 is 0. The van der Waals surface area contributed by atoms with Crippen LogP contribution in [0, 0.1) is 12.8 Å². The van der Waals surface area contributed by atoms with Crippen LogP contribution in [-0.4, -0.2) is 26.0 Å². The third kappa shape index (κ3) is 5.33. The molecule has 3 nitrogen and oxygen atoms in total. The largest absolute Gasteiger partial charge is 0.330 e. The van der Waals surface area contributed by atoms with Crippen molar-refractivity contribution in [1.29, 1.82) is 0 Å².